The lowest BCUT2D eigenvalue weighted by Gasteiger charge is -2.36. The van der Waals surface area contributed by atoms with Crippen LogP contribution in [0.4, 0.5) is 8.78 Å². The summed E-state index contributed by atoms with van der Waals surface area (Å²) in [6, 6.07) is 10.2. The number of amides is 3. The molecule has 6 nitrogen and oxygen atoms in total. The number of carbonyl (C=O) groups is 3. The second-order valence-corrected chi connectivity index (χ2v) is 8.39. The maximum absolute atomic E-state index is 14.1. The fourth-order valence-corrected chi connectivity index (χ4v) is 3.94. The highest BCUT2D eigenvalue weighted by Crippen LogP contribution is 2.23. The van der Waals surface area contributed by atoms with E-state index in [2.05, 4.69) is 10.6 Å². The lowest BCUT2D eigenvalue weighted by atomic mass is 9.88. The molecule has 1 saturated heterocycles. The van der Waals surface area contributed by atoms with Gasteiger partial charge in [0.25, 0.3) is 11.8 Å². The summed E-state index contributed by atoms with van der Waals surface area (Å²) < 4.78 is 27.6. The van der Waals surface area contributed by atoms with Crippen molar-refractivity contribution in [2.24, 2.45) is 5.92 Å². The molecule has 2 aromatic carbocycles. The van der Waals surface area contributed by atoms with Gasteiger partial charge in [0.15, 0.2) is 0 Å². The molecule has 3 rings (SSSR count). The second-order valence-electron chi connectivity index (χ2n) is 8.39. The average Bonchev–Trinajstić information content (AvgIpc) is 2.82. The molecule has 0 aromatic heterocycles. The highest BCUT2D eigenvalue weighted by Gasteiger charge is 2.35. The van der Waals surface area contributed by atoms with Gasteiger partial charge < -0.3 is 15.5 Å². The lowest BCUT2D eigenvalue weighted by molar-refractivity contribution is -0.125. The van der Waals surface area contributed by atoms with Gasteiger partial charge in [-0.3, -0.25) is 14.4 Å². The average molecular weight is 458 g/mol. The monoisotopic (exact) mass is 457 g/mol. The Morgan fingerprint density at radius 2 is 1.73 bits per heavy atom. The van der Waals surface area contributed by atoms with Crippen molar-refractivity contribution < 1.29 is 23.2 Å². The molecule has 1 aliphatic heterocycles. The van der Waals surface area contributed by atoms with Crippen LogP contribution in [0.25, 0.3) is 0 Å². The summed E-state index contributed by atoms with van der Waals surface area (Å²) in [5.74, 6) is -2.63. The molecule has 8 heteroatoms. The molecule has 2 aromatic rings. The van der Waals surface area contributed by atoms with Crippen molar-refractivity contribution in [1.29, 1.82) is 0 Å². The number of nitrogens with one attached hydrogen (secondary N) is 2. The van der Waals surface area contributed by atoms with Crippen molar-refractivity contribution in [2.45, 2.75) is 45.2 Å². The van der Waals surface area contributed by atoms with Crippen LogP contribution in [0.1, 0.15) is 53.8 Å². The molecule has 2 N–H and O–H groups in total. The van der Waals surface area contributed by atoms with E-state index in [9.17, 15) is 23.2 Å². The van der Waals surface area contributed by atoms with Crippen LogP contribution in [0.15, 0.2) is 48.5 Å². The summed E-state index contributed by atoms with van der Waals surface area (Å²) in [6.45, 7) is 4.54. The quantitative estimate of drug-likeness (QED) is 0.668. The van der Waals surface area contributed by atoms with Crippen LogP contribution in [-0.4, -0.2) is 47.8 Å². The topological polar surface area (TPSA) is 78.5 Å². The fraction of sp³-hybridized carbons (Fsp3) is 0.400. The van der Waals surface area contributed by atoms with Crippen LogP contribution in [0.3, 0.4) is 0 Å². The summed E-state index contributed by atoms with van der Waals surface area (Å²) in [4.78, 5) is 40.1. The van der Waals surface area contributed by atoms with Crippen LogP contribution in [-0.2, 0) is 4.79 Å². The molecule has 1 heterocycles. The van der Waals surface area contributed by atoms with E-state index in [0.29, 0.717) is 25.9 Å². The van der Waals surface area contributed by atoms with Gasteiger partial charge in [0.2, 0.25) is 5.91 Å². The van der Waals surface area contributed by atoms with E-state index in [1.54, 1.807) is 17.0 Å². The highest BCUT2D eigenvalue weighted by molar-refractivity contribution is 5.98. The third kappa shape index (κ3) is 6.15. The maximum Gasteiger partial charge on any atom is 0.254 e. The molecule has 1 aliphatic rings. The Morgan fingerprint density at radius 1 is 1.03 bits per heavy atom. The van der Waals surface area contributed by atoms with Crippen LogP contribution in [0.2, 0.25) is 0 Å². The Hall–Kier alpha value is -3.29. The first kappa shape index (κ1) is 24.4. The smallest absolute Gasteiger partial charge is 0.254 e. The lowest BCUT2D eigenvalue weighted by Crippen LogP contribution is -2.55. The molecule has 33 heavy (non-hydrogen) atoms. The summed E-state index contributed by atoms with van der Waals surface area (Å²) in [6.07, 6.45) is 1.66. The number of piperidine rings is 1. The van der Waals surface area contributed by atoms with E-state index in [4.69, 9.17) is 0 Å². The number of hydrogen-bond acceptors (Lipinski definition) is 3. The summed E-state index contributed by atoms with van der Waals surface area (Å²) in [7, 11) is 0. The number of likely N-dealkylation sites (tertiary alicyclic amines) is 1. The predicted molar refractivity (Wildman–Crippen MR) is 121 cm³/mol. The summed E-state index contributed by atoms with van der Waals surface area (Å²) in [5, 5.41) is 5.61. The van der Waals surface area contributed by atoms with Crippen molar-refractivity contribution in [3.63, 3.8) is 0 Å². The molecule has 0 radical (unpaired) electrons. The minimum absolute atomic E-state index is 0.0833. The van der Waals surface area contributed by atoms with Gasteiger partial charge in [-0.1, -0.05) is 25.1 Å². The minimum Gasteiger partial charge on any atom is -0.352 e. The normalized spacial score (nSPS) is 16.1. The number of benzene rings is 2. The molecule has 1 fully saturated rings. The van der Waals surface area contributed by atoms with Crippen molar-refractivity contribution in [3.05, 3.63) is 71.3 Å². The second kappa shape index (κ2) is 11.0. The zero-order valence-corrected chi connectivity index (χ0v) is 18.8. The highest BCUT2D eigenvalue weighted by atomic mass is 19.1. The number of rotatable bonds is 7. The largest absolute Gasteiger partial charge is 0.352 e. The SMILES string of the molecule is CC[C@H](C)NC(=O)[C@H](NC(=O)c1ccccc1F)C1CCN(C(=O)c2cccc(F)c2)CC1. The zero-order valence-electron chi connectivity index (χ0n) is 18.8. The van der Waals surface area contributed by atoms with E-state index in [1.165, 1.54) is 36.4 Å². The summed E-state index contributed by atoms with van der Waals surface area (Å²) in [5.41, 5.74) is 0.143. The van der Waals surface area contributed by atoms with Crippen molar-refractivity contribution in [1.82, 2.24) is 15.5 Å². The van der Waals surface area contributed by atoms with E-state index < -0.39 is 23.6 Å². The van der Waals surface area contributed by atoms with Gasteiger partial charge in [0.05, 0.1) is 5.56 Å². The Balaban J connectivity index is 1.71. The van der Waals surface area contributed by atoms with Crippen LogP contribution in [0, 0.1) is 17.6 Å². The molecular formula is C25H29F2N3O3. The number of carbonyl (C=O) groups excluding carboxylic acids is 3. The van der Waals surface area contributed by atoms with Crippen LogP contribution in [0.5, 0.6) is 0 Å². The van der Waals surface area contributed by atoms with Gasteiger partial charge in [-0.15, -0.1) is 0 Å². The first-order valence-electron chi connectivity index (χ1n) is 11.2. The molecule has 176 valence electrons. The maximum atomic E-state index is 14.1. The van der Waals surface area contributed by atoms with Crippen molar-refractivity contribution >= 4 is 17.7 Å². The standard InChI is InChI=1S/C25H29F2N3O3/c1-3-16(2)28-24(32)22(29-23(31)20-9-4-5-10-21(20)27)17-11-13-30(14-12-17)25(33)18-7-6-8-19(26)15-18/h4-10,15-17,22H,3,11-14H2,1-2H3,(H,28,32)(H,29,31)/t16-,22+/m0/s1. The molecule has 0 unspecified atom stereocenters. The minimum atomic E-state index is -0.863. The first-order valence-corrected chi connectivity index (χ1v) is 11.2. The molecule has 0 spiro atoms. The zero-order chi connectivity index (χ0) is 24.0. The molecule has 0 aliphatic carbocycles. The van der Waals surface area contributed by atoms with E-state index in [0.717, 1.165) is 6.42 Å². The van der Waals surface area contributed by atoms with E-state index in [1.807, 2.05) is 13.8 Å². The van der Waals surface area contributed by atoms with Gasteiger partial charge in [0.1, 0.15) is 17.7 Å². The van der Waals surface area contributed by atoms with Crippen molar-refractivity contribution in [2.75, 3.05) is 13.1 Å². The number of hydrogen-bond donors (Lipinski definition) is 2. The summed E-state index contributed by atoms with van der Waals surface area (Å²) >= 11 is 0. The van der Waals surface area contributed by atoms with E-state index >= 15 is 0 Å². The Labute approximate surface area is 192 Å². The molecule has 0 bridgehead atoms. The van der Waals surface area contributed by atoms with Gasteiger partial charge in [0, 0.05) is 24.7 Å². The third-order valence-corrected chi connectivity index (χ3v) is 6.06. The van der Waals surface area contributed by atoms with Gasteiger partial charge in [-0.2, -0.15) is 0 Å². The molecule has 3 amide bonds. The number of nitrogens with zero attached hydrogens (tertiary/aromatic N) is 1. The predicted octanol–water partition coefficient (Wildman–Crippen LogP) is 3.53. The Kier molecular flexibility index (Phi) is 8.14. The molecular weight excluding hydrogens is 428 g/mol. The van der Waals surface area contributed by atoms with Crippen LogP contribution >= 0.6 is 0 Å². The van der Waals surface area contributed by atoms with Gasteiger partial charge >= 0.3 is 0 Å². The Bertz CT molecular complexity index is 1010. The Morgan fingerprint density at radius 3 is 2.36 bits per heavy atom. The van der Waals surface area contributed by atoms with Crippen molar-refractivity contribution in [3.8, 4) is 0 Å². The van der Waals surface area contributed by atoms with Gasteiger partial charge in [-0.05, 0) is 62.4 Å². The number of halogens is 2. The fourth-order valence-electron chi connectivity index (χ4n) is 3.94. The molecule has 2 atom stereocenters. The van der Waals surface area contributed by atoms with E-state index in [-0.39, 0.29) is 34.9 Å². The first-order chi connectivity index (χ1) is 15.8. The molecule has 0 saturated carbocycles. The van der Waals surface area contributed by atoms with Gasteiger partial charge in [-0.25, -0.2) is 8.78 Å². The van der Waals surface area contributed by atoms with Crippen LogP contribution < -0.4 is 10.6 Å². The third-order valence-electron chi connectivity index (χ3n) is 6.06.